The van der Waals surface area contributed by atoms with E-state index in [4.69, 9.17) is 22.1 Å². The zero-order chi connectivity index (χ0) is 18.4. The molecule has 0 aliphatic carbocycles. The number of carbonyl (C=O) groups excluding carboxylic acids is 1. The van der Waals surface area contributed by atoms with Gasteiger partial charge in [0.2, 0.25) is 0 Å². The van der Waals surface area contributed by atoms with Crippen molar-refractivity contribution in [2.45, 2.75) is 13.0 Å². The molecule has 1 aromatic carbocycles. The second-order valence-corrected chi connectivity index (χ2v) is 6.70. The number of rotatable bonds is 6. The molecule has 1 saturated heterocycles. The summed E-state index contributed by atoms with van der Waals surface area (Å²) in [6.07, 6.45) is 1.62. The number of carbonyl (C=O) groups is 1. The van der Waals surface area contributed by atoms with Crippen LogP contribution in [0.5, 0.6) is 5.75 Å². The first-order chi connectivity index (χ1) is 11.9. The third kappa shape index (κ3) is 5.36. The van der Waals surface area contributed by atoms with Gasteiger partial charge in [0.25, 0.3) is 5.91 Å². The lowest BCUT2D eigenvalue weighted by atomic mass is 10.1. The molecule has 25 heavy (non-hydrogen) atoms. The van der Waals surface area contributed by atoms with E-state index in [1.54, 1.807) is 18.2 Å². The minimum atomic E-state index is -0.211. The highest BCUT2D eigenvalue weighted by atomic mass is 35.5. The van der Waals surface area contributed by atoms with E-state index < -0.39 is 0 Å². The first kappa shape index (κ1) is 19.6. The third-order valence-electron chi connectivity index (χ3n) is 4.29. The van der Waals surface area contributed by atoms with Crippen molar-refractivity contribution in [3.63, 3.8) is 0 Å². The van der Waals surface area contributed by atoms with E-state index in [1.165, 1.54) is 0 Å². The van der Waals surface area contributed by atoms with Crippen molar-refractivity contribution < 1.29 is 9.53 Å². The molecule has 1 amide bonds. The molecule has 7 heteroatoms. The second kappa shape index (κ2) is 9.08. The van der Waals surface area contributed by atoms with Gasteiger partial charge < -0.3 is 25.6 Å². The summed E-state index contributed by atoms with van der Waals surface area (Å²) in [5, 5.41) is 3.44. The van der Waals surface area contributed by atoms with Crippen molar-refractivity contribution in [3.8, 4) is 5.75 Å². The van der Waals surface area contributed by atoms with Crippen LogP contribution in [0.25, 0.3) is 0 Å². The van der Waals surface area contributed by atoms with Crippen LogP contribution in [0, 0.1) is 0 Å². The van der Waals surface area contributed by atoms with E-state index in [0.717, 1.165) is 32.7 Å². The van der Waals surface area contributed by atoms with Crippen LogP contribution in [0.1, 0.15) is 17.3 Å². The highest BCUT2D eigenvalue weighted by Crippen LogP contribution is 2.29. The molecule has 6 nitrogen and oxygen atoms in total. The van der Waals surface area contributed by atoms with E-state index in [2.05, 4.69) is 35.7 Å². The van der Waals surface area contributed by atoms with Crippen LogP contribution >= 0.6 is 11.6 Å². The molecule has 0 saturated carbocycles. The fraction of sp³-hybridized carbons (Fsp3) is 0.500. The summed E-state index contributed by atoms with van der Waals surface area (Å²) in [4.78, 5) is 17.4. The Labute approximate surface area is 154 Å². The molecule has 0 spiro atoms. The molecule has 1 unspecified atom stereocenters. The molecular weight excluding hydrogens is 340 g/mol. The van der Waals surface area contributed by atoms with Gasteiger partial charge in [0.1, 0.15) is 12.4 Å². The molecule has 3 N–H and O–H groups in total. The molecule has 138 valence electrons. The summed E-state index contributed by atoms with van der Waals surface area (Å²) < 4.78 is 5.58. The Morgan fingerprint density at radius 3 is 2.92 bits per heavy atom. The first-order valence-corrected chi connectivity index (χ1v) is 8.86. The van der Waals surface area contributed by atoms with Crippen molar-refractivity contribution in [2.24, 2.45) is 0 Å². The SMILES string of the molecule is C=CCOc1cc(N)c(Cl)cc1C(=O)NC1CN(C)CCN(CC)C1. The van der Waals surface area contributed by atoms with Crippen LogP contribution < -0.4 is 15.8 Å². The topological polar surface area (TPSA) is 70.8 Å². The minimum Gasteiger partial charge on any atom is -0.489 e. The van der Waals surface area contributed by atoms with E-state index >= 15 is 0 Å². The molecule has 0 bridgehead atoms. The maximum Gasteiger partial charge on any atom is 0.255 e. The number of hydrogen-bond donors (Lipinski definition) is 2. The Morgan fingerprint density at radius 1 is 1.48 bits per heavy atom. The van der Waals surface area contributed by atoms with Gasteiger partial charge in [0, 0.05) is 32.2 Å². The fourth-order valence-corrected chi connectivity index (χ4v) is 3.06. The van der Waals surface area contributed by atoms with Gasteiger partial charge in [0.15, 0.2) is 0 Å². The lowest BCUT2D eigenvalue weighted by molar-refractivity contribution is 0.0921. The van der Waals surface area contributed by atoms with Crippen LogP contribution in [0.4, 0.5) is 5.69 Å². The van der Waals surface area contributed by atoms with Crippen LogP contribution in [0.3, 0.4) is 0 Å². The number of likely N-dealkylation sites (N-methyl/N-ethyl adjacent to an activating group) is 2. The van der Waals surface area contributed by atoms with Gasteiger partial charge >= 0.3 is 0 Å². The maximum absolute atomic E-state index is 12.8. The van der Waals surface area contributed by atoms with E-state index in [1.807, 2.05) is 0 Å². The number of benzene rings is 1. The number of hydrogen-bond acceptors (Lipinski definition) is 5. The normalized spacial score (nSPS) is 19.2. The highest BCUT2D eigenvalue weighted by molar-refractivity contribution is 6.33. The van der Waals surface area contributed by atoms with E-state index in [-0.39, 0.29) is 18.6 Å². The Morgan fingerprint density at radius 2 is 2.24 bits per heavy atom. The number of nitrogens with two attached hydrogens (primary N) is 1. The molecule has 0 radical (unpaired) electrons. The first-order valence-electron chi connectivity index (χ1n) is 8.49. The third-order valence-corrected chi connectivity index (χ3v) is 4.62. The van der Waals surface area contributed by atoms with Gasteiger partial charge in [0.05, 0.1) is 22.3 Å². The molecule has 1 aliphatic heterocycles. The van der Waals surface area contributed by atoms with Gasteiger partial charge in [-0.05, 0) is 19.7 Å². The van der Waals surface area contributed by atoms with Gasteiger partial charge in [-0.3, -0.25) is 4.79 Å². The fourth-order valence-electron chi connectivity index (χ4n) is 2.90. The van der Waals surface area contributed by atoms with Crippen molar-refractivity contribution >= 4 is 23.2 Å². The van der Waals surface area contributed by atoms with E-state index in [0.29, 0.717) is 22.0 Å². The lowest BCUT2D eigenvalue weighted by Crippen LogP contribution is -2.46. The van der Waals surface area contributed by atoms with Crippen LogP contribution in [0.15, 0.2) is 24.8 Å². The van der Waals surface area contributed by atoms with Crippen molar-refractivity contribution in [2.75, 3.05) is 52.1 Å². The monoisotopic (exact) mass is 366 g/mol. The summed E-state index contributed by atoms with van der Waals surface area (Å²) in [6.45, 7) is 10.6. The van der Waals surface area contributed by atoms with Crippen LogP contribution in [-0.2, 0) is 0 Å². The van der Waals surface area contributed by atoms with Gasteiger partial charge in [-0.2, -0.15) is 0 Å². The predicted molar refractivity (Wildman–Crippen MR) is 102 cm³/mol. The summed E-state index contributed by atoms with van der Waals surface area (Å²) in [5.74, 6) is 0.200. The van der Waals surface area contributed by atoms with E-state index in [9.17, 15) is 4.79 Å². The average Bonchev–Trinajstić information content (AvgIpc) is 2.76. The Kier molecular flexibility index (Phi) is 7.11. The quantitative estimate of drug-likeness (QED) is 0.594. The predicted octanol–water partition coefficient (Wildman–Crippen LogP) is 1.85. The van der Waals surface area contributed by atoms with Crippen molar-refractivity contribution in [1.29, 1.82) is 0 Å². The summed E-state index contributed by atoms with van der Waals surface area (Å²) in [6, 6.07) is 3.17. The smallest absolute Gasteiger partial charge is 0.255 e. The number of nitrogens with zero attached hydrogens (tertiary/aromatic N) is 2. The Hall–Kier alpha value is -1.76. The molecule has 1 atom stereocenters. The second-order valence-electron chi connectivity index (χ2n) is 6.30. The summed E-state index contributed by atoms with van der Waals surface area (Å²) in [5.41, 5.74) is 6.60. The zero-order valence-corrected chi connectivity index (χ0v) is 15.7. The Balaban J connectivity index is 2.18. The highest BCUT2D eigenvalue weighted by Gasteiger charge is 2.24. The number of ether oxygens (including phenoxy) is 1. The van der Waals surface area contributed by atoms with Gasteiger partial charge in [-0.15, -0.1) is 0 Å². The Bertz CT molecular complexity index is 623. The molecule has 2 rings (SSSR count). The molecular formula is C18H27ClN4O2. The summed E-state index contributed by atoms with van der Waals surface area (Å²) >= 11 is 6.10. The standard InChI is InChI=1S/C18H27ClN4O2/c1-4-8-25-17-10-16(20)15(19)9-14(17)18(24)21-13-11-22(3)6-7-23(5-2)12-13/h4,9-10,13H,1,5-8,11-12,20H2,2-3H3,(H,21,24). The molecule has 1 aromatic rings. The van der Waals surface area contributed by atoms with Gasteiger partial charge in [-0.25, -0.2) is 0 Å². The average molecular weight is 367 g/mol. The molecule has 0 aromatic heterocycles. The van der Waals surface area contributed by atoms with Crippen molar-refractivity contribution in [1.82, 2.24) is 15.1 Å². The minimum absolute atomic E-state index is 0.0310. The number of halogens is 1. The molecule has 1 heterocycles. The maximum atomic E-state index is 12.8. The number of anilines is 1. The number of nitrogens with one attached hydrogen (secondary N) is 1. The van der Waals surface area contributed by atoms with Crippen molar-refractivity contribution in [3.05, 3.63) is 35.4 Å². The molecule has 1 fully saturated rings. The zero-order valence-electron chi connectivity index (χ0n) is 14.9. The number of nitrogen functional groups attached to an aromatic ring is 1. The van der Waals surface area contributed by atoms with Crippen LogP contribution in [0.2, 0.25) is 5.02 Å². The molecule has 1 aliphatic rings. The largest absolute Gasteiger partial charge is 0.489 e. The summed E-state index contributed by atoms with van der Waals surface area (Å²) in [7, 11) is 2.07. The van der Waals surface area contributed by atoms with Gasteiger partial charge in [-0.1, -0.05) is 31.2 Å². The lowest BCUT2D eigenvalue weighted by Gasteiger charge is -2.24. The number of amides is 1. The van der Waals surface area contributed by atoms with Crippen LogP contribution in [-0.4, -0.2) is 68.1 Å².